The van der Waals surface area contributed by atoms with Gasteiger partial charge in [0.25, 0.3) is 5.56 Å². The molecule has 0 saturated heterocycles. The van der Waals surface area contributed by atoms with Crippen molar-refractivity contribution in [2.75, 3.05) is 6.61 Å². The average Bonchev–Trinajstić information content (AvgIpc) is 3.12. The number of benzene rings is 2. The van der Waals surface area contributed by atoms with Crippen LogP contribution >= 0.6 is 11.3 Å². The zero-order chi connectivity index (χ0) is 25.1. The summed E-state index contributed by atoms with van der Waals surface area (Å²) in [6.45, 7) is 8.67. The molecule has 2 heterocycles. The molecule has 0 N–H and O–H groups in total. The first-order chi connectivity index (χ1) is 16.8. The highest BCUT2D eigenvalue weighted by Gasteiger charge is 2.33. The molecule has 2 aromatic carbocycles. The van der Waals surface area contributed by atoms with Crippen LogP contribution in [0.25, 0.3) is 6.08 Å². The van der Waals surface area contributed by atoms with Crippen LogP contribution < -0.4 is 19.6 Å². The second kappa shape index (κ2) is 10.1. The van der Waals surface area contributed by atoms with Crippen LogP contribution in [0.15, 0.2) is 82.2 Å². The molecule has 4 rings (SSSR count). The van der Waals surface area contributed by atoms with E-state index in [0.717, 1.165) is 11.1 Å². The minimum atomic E-state index is -0.755. The summed E-state index contributed by atoms with van der Waals surface area (Å²) >= 11 is 1.26. The fourth-order valence-electron chi connectivity index (χ4n) is 3.81. The Morgan fingerprint density at radius 2 is 1.80 bits per heavy atom. The SMILES string of the molecule is C=CCOC(=O)C1=C(C)N=c2sc(=Cc3ccc(C)cc3)c(=O)n2C1c1ccc(OC(C)=O)cc1. The van der Waals surface area contributed by atoms with Crippen molar-refractivity contribution in [1.82, 2.24) is 4.57 Å². The highest BCUT2D eigenvalue weighted by molar-refractivity contribution is 7.07. The summed E-state index contributed by atoms with van der Waals surface area (Å²) in [6.07, 6.45) is 3.30. The van der Waals surface area contributed by atoms with Gasteiger partial charge >= 0.3 is 11.9 Å². The zero-order valence-corrected chi connectivity index (χ0v) is 20.4. The van der Waals surface area contributed by atoms with E-state index in [4.69, 9.17) is 9.47 Å². The van der Waals surface area contributed by atoms with Gasteiger partial charge in [-0.1, -0.05) is 66.0 Å². The Balaban J connectivity index is 1.88. The number of hydrogen-bond donors (Lipinski definition) is 0. The first-order valence-corrected chi connectivity index (χ1v) is 11.8. The summed E-state index contributed by atoms with van der Waals surface area (Å²) in [7, 11) is 0. The van der Waals surface area contributed by atoms with E-state index >= 15 is 0 Å². The molecular formula is C27H24N2O5S. The third kappa shape index (κ3) is 5.07. The lowest BCUT2D eigenvalue weighted by molar-refractivity contribution is -0.138. The molecule has 8 heteroatoms. The standard InChI is InChI=1S/C27H24N2O5S/c1-5-14-33-26(32)23-17(3)28-27-29(24(23)20-10-12-21(13-11-20)34-18(4)30)25(31)22(35-27)15-19-8-6-16(2)7-9-19/h5-13,15,24H,1,14H2,2-4H3. The summed E-state index contributed by atoms with van der Waals surface area (Å²) < 4.78 is 12.5. The number of nitrogens with zero attached hydrogens (tertiary/aromatic N) is 2. The molecule has 1 aliphatic rings. The van der Waals surface area contributed by atoms with E-state index in [1.807, 2.05) is 37.3 Å². The second-order valence-corrected chi connectivity index (χ2v) is 9.05. The molecular weight excluding hydrogens is 464 g/mol. The molecule has 1 atom stereocenters. The molecule has 0 spiro atoms. The van der Waals surface area contributed by atoms with Gasteiger partial charge in [-0.3, -0.25) is 14.2 Å². The van der Waals surface area contributed by atoms with Crippen molar-refractivity contribution in [3.8, 4) is 5.75 Å². The van der Waals surface area contributed by atoms with Gasteiger partial charge in [-0.05, 0) is 43.2 Å². The van der Waals surface area contributed by atoms with Crippen LogP contribution in [0.1, 0.15) is 36.6 Å². The van der Waals surface area contributed by atoms with Crippen LogP contribution in [-0.2, 0) is 14.3 Å². The number of thiazole rings is 1. The third-order valence-electron chi connectivity index (χ3n) is 5.41. The largest absolute Gasteiger partial charge is 0.458 e. The lowest BCUT2D eigenvalue weighted by Gasteiger charge is -2.24. The number of ether oxygens (including phenoxy) is 2. The predicted octanol–water partition coefficient (Wildman–Crippen LogP) is 3.20. The van der Waals surface area contributed by atoms with Crippen LogP contribution in [0.4, 0.5) is 0 Å². The third-order valence-corrected chi connectivity index (χ3v) is 6.39. The molecule has 35 heavy (non-hydrogen) atoms. The zero-order valence-electron chi connectivity index (χ0n) is 19.6. The molecule has 3 aromatic rings. The number of esters is 2. The fraction of sp³-hybridized carbons (Fsp3) is 0.185. The van der Waals surface area contributed by atoms with Gasteiger partial charge in [0.1, 0.15) is 12.4 Å². The maximum atomic E-state index is 13.6. The Morgan fingerprint density at radius 1 is 1.11 bits per heavy atom. The lowest BCUT2D eigenvalue weighted by Crippen LogP contribution is -2.39. The van der Waals surface area contributed by atoms with Crippen molar-refractivity contribution in [1.29, 1.82) is 0 Å². The van der Waals surface area contributed by atoms with Crippen molar-refractivity contribution in [2.24, 2.45) is 4.99 Å². The van der Waals surface area contributed by atoms with E-state index in [1.54, 1.807) is 31.2 Å². The fourth-order valence-corrected chi connectivity index (χ4v) is 4.86. The molecule has 178 valence electrons. The Labute approximate surface area is 206 Å². The van der Waals surface area contributed by atoms with Gasteiger partial charge in [0.15, 0.2) is 4.80 Å². The van der Waals surface area contributed by atoms with Gasteiger partial charge in [0.05, 0.1) is 21.8 Å². The van der Waals surface area contributed by atoms with Crippen LogP contribution in [0.3, 0.4) is 0 Å². The van der Waals surface area contributed by atoms with Gasteiger partial charge in [0, 0.05) is 6.92 Å². The van der Waals surface area contributed by atoms with Crippen molar-refractivity contribution >= 4 is 29.4 Å². The number of carbonyl (C=O) groups excluding carboxylic acids is 2. The minimum absolute atomic E-state index is 0.0333. The second-order valence-electron chi connectivity index (χ2n) is 8.04. The lowest BCUT2D eigenvalue weighted by atomic mass is 9.96. The molecule has 0 radical (unpaired) electrons. The molecule has 0 bridgehead atoms. The monoisotopic (exact) mass is 488 g/mol. The Kier molecular flexibility index (Phi) is 6.93. The van der Waals surface area contributed by atoms with Crippen LogP contribution in [0, 0.1) is 6.92 Å². The molecule has 0 amide bonds. The van der Waals surface area contributed by atoms with E-state index in [-0.39, 0.29) is 17.7 Å². The van der Waals surface area contributed by atoms with E-state index < -0.39 is 18.0 Å². The number of rotatable bonds is 6. The number of carbonyl (C=O) groups is 2. The molecule has 0 aliphatic carbocycles. The minimum Gasteiger partial charge on any atom is -0.458 e. The number of aryl methyl sites for hydroxylation is 1. The Hall–Kier alpha value is -4.04. The smallest absolute Gasteiger partial charge is 0.338 e. The number of hydrogen-bond acceptors (Lipinski definition) is 7. The van der Waals surface area contributed by atoms with Crippen LogP contribution in [0.2, 0.25) is 0 Å². The van der Waals surface area contributed by atoms with Gasteiger partial charge in [0.2, 0.25) is 0 Å². The van der Waals surface area contributed by atoms with E-state index in [2.05, 4.69) is 11.6 Å². The average molecular weight is 489 g/mol. The van der Waals surface area contributed by atoms with Crippen molar-refractivity contribution in [3.05, 3.63) is 109 Å². The molecule has 1 aliphatic heterocycles. The maximum Gasteiger partial charge on any atom is 0.338 e. The quantitative estimate of drug-likeness (QED) is 0.302. The molecule has 7 nitrogen and oxygen atoms in total. The number of allylic oxidation sites excluding steroid dienone is 1. The molecule has 0 saturated carbocycles. The number of aromatic nitrogens is 1. The highest BCUT2D eigenvalue weighted by atomic mass is 32.1. The first-order valence-electron chi connectivity index (χ1n) is 10.9. The number of fused-ring (bicyclic) bond motifs is 1. The highest BCUT2D eigenvalue weighted by Crippen LogP contribution is 2.31. The van der Waals surface area contributed by atoms with Crippen LogP contribution in [0.5, 0.6) is 5.75 Å². The van der Waals surface area contributed by atoms with Gasteiger partial charge < -0.3 is 9.47 Å². The van der Waals surface area contributed by atoms with Crippen molar-refractivity contribution < 1.29 is 19.1 Å². The molecule has 0 fully saturated rings. The van der Waals surface area contributed by atoms with E-state index in [9.17, 15) is 14.4 Å². The molecule has 1 aromatic heterocycles. The van der Waals surface area contributed by atoms with Gasteiger partial charge in [-0.25, -0.2) is 9.79 Å². The van der Waals surface area contributed by atoms with Gasteiger partial charge in [-0.2, -0.15) is 0 Å². The Bertz CT molecular complexity index is 1510. The first kappa shape index (κ1) is 24.1. The summed E-state index contributed by atoms with van der Waals surface area (Å²) in [6, 6.07) is 13.8. The normalized spacial score (nSPS) is 15.3. The topological polar surface area (TPSA) is 87.0 Å². The van der Waals surface area contributed by atoms with E-state index in [1.165, 1.54) is 28.9 Å². The summed E-state index contributed by atoms with van der Waals surface area (Å²) in [5.41, 5.74) is 3.15. The predicted molar refractivity (Wildman–Crippen MR) is 134 cm³/mol. The van der Waals surface area contributed by atoms with E-state index in [0.29, 0.717) is 26.3 Å². The van der Waals surface area contributed by atoms with Crippen molar-refractivity contribution in [3.63, 3.8) is 0 Å². The summed E-state index contributed by atoms with van der Waals surface area (Å²) in [4.78, 5) is 43.0. The summed E-state index contributed by atoms with van der Waals surface area (Å²) in [5.74, 6) is -0.649. The maximum absolute atomic E-state index is 13.6. The van der Waals surface area contributed by atoms with Crippen LogP contribution in [-0.4, -0.2) is 23.1 Å². The molecule has 1 unspecified atom stereocenters. The summed E-state index contributed by atoms with van der Waals surface area (Å²) in [5, 5.41) is 0. The Morgan fingerprint density at radius 3 is 2.43 bits per heavy atom. The van der Waals surface area contributed by atoms with Crippen molar-refractivity contribution in [2.45, 2.75) is 26.8 Å². The van der Waals surface area contributed by atoms with Gasteiger partial charge in [-0.15, -0.1) is 0 Å².